The Bertz CT molecular complexity index is 3150. The molecule has 11 aromatic rings. The molecule has 6 heteroatoms. The second kappa shape index (κ2) is 10.9. The van der Waals surface area contributed by atoms with Gasteiger partial charge >= 0.3 is 0 Å². The first kappa shape index (κ1) is 28.2. The Morgan fingerprint density at radius 1 is 0.451 bits per heavy atom. The van der Waals surface area contributed by atoms with Crippen LogP contribution in [0.2, 0.25) is 0 Å². The summed E-state index contributed by atoms with van der Waals surface area (Å²) in [6.45, 7) is 0. The minimum atomic E-state index is 0.569. The van der Waals surface area contributed by atoms with Crippen molar-refractivity contribution >= 4 is 75.3 Å². The molecular weight excluding hydrogens is 645 g/mol. The van der Waals surface area contributed by atoms with Gasteiger partial charge in [-0.05, 0) is 48.5 Å². The van der Waals surface area contributed by atoms with Gasteiger partial charge in [0.1, 0.15) is 11.2 Å². The van der Waals surface area contributed by atoms with Crippen LogP contribution in [0.25, 0.3) is 104 Å². The van der Waals surface area contributed by atoms with Crippen molar-refractivity contribution in [1.29, 1.82) is 0 Å². The van der Waals surface area contributed by atoms with E-state index in [1.54, 1.807) is 11.3 Å². The van der Waals surface area contributed by atoms with Gasteiger partial charge in [0.15, 0.2) is 17.5 Å². The van der Waals surface area contributed by atoms with E-state index in [-0.39, 0.29) is 0 Å². The van der Waals surface area contributed by atoms with Crippen LogP contribution in [0.4, 0.5) is 0 Å². The number of nitrogens with zero attached hydrogens (tertiary/aromatic N) is 4. The number of furan rings is 1. The molecule has 5 nitrogen and oxygen atoms in total. The fourth-order valence-corrected chi connectivity index (χ4v) is 8.73. The summed E-state index contributed by atoms with van der Waals surface area (Å²) in [4.78, 5) is 15.7. The van der Waals surface area contributed by atoms with E-state index in [1.807, 2.05) is 24.3 Å². The van der Waals surface area contributed by atoms with E-state index in [2.05, 4.69) is 138 Å². The molecule has 0 N–H and O–H groups in total. The van der Waals surface area contributed by atoms with Gasteiger partial charge < -0.3 is 8.98 Å². The van der Waals surface area contributed by atoms with Crippen LogP contribution < -0.4 is 0 Å². The standard InChI is InChI=1S/C45H26N4OS/c1-2-12-28(13-3-1)49-36-20-7-4-14-29(36)30-25-24-27(26-37(30)49)43-46-44(34-18-11-23-40-41(34)33-16-6-9-22-39(33)51-40)48-45(47-43)35-19-10-17-32-31-15-5-8-21-38(31)50-42(32)35/h1-26H. The molecule has 0 radical (unpaired) electrons. The van der Waals surface area contributed by atoms with Crippen molar-refractivity contribution in [2.24, 2.45) is 0 Å². The summed E-state index contributed by atoms with van der Waals surface area (Å²) in [7, 11) is 0. The number of rotatable bonds is 4. The maximum absolute atomic E-state index is 6.50. The average molecular weight is 671 g/mol. The van der Waals surface area contributed by atoms with Crippen LogP contribution in [0.5, 0.6) is 0 Å². The third-order valence-electron chi connectivity index (χ3n) is 9.87. The Labute approximate surface area is 295 Å². The first-order chi connectivity index (χ1) is 25.3. The second-order valence-corrected chi connectivity index (χ2v) is 13.9. The van der Waals surface area contributed by atoms with Gasteiger partial charge in [-0.25, -0.2) is 15.0 Å². The van der Waals surface area contributed by atoms with Gasteiger partial charge in [-0.2, -0.15) is 0 Å². The predicted octanol–water partition coefficient (Wildman–Crippen LogP) is 12.2. The van der Waals surface area contributed by atoms with E-state index in [0.29, 0.717) is 17.5 Å². The van der Waals surface area contributed by atoms with Crippen molar-refractivity contribution in [2.75, 3.05) is 0 Å². The highest BCUT2D eigenvalue weighted by atomic mass is 32.1. The Hall–Kier alpha value is -6.63. The van der Waals surface area contributed by atoms with Crippen LogP contribution in [-0.4, -0.2) is 19.5 Å². The molecule has 238 valence electrons. The molecule has 0 saturated carbocycles. The average Bonchev–Trinajstić information content (AvgIpc) is 3.87. The molecule has 0 unspecified atom stereocenters. The lowest BCUT2D eigenvalue weighted by molar-refractivity contribution is 0.669. The van der Waals surface area contributed by atoms with Gasteiger partial charge in [0.05, 0.1) is 16.6 Å². The first-order valence-electron chi connectivity index (χ1n) is 16.9. The topological polar surface area (TPSA) is 56.7 Å². The molecule has 0 aliphatic rings. The Kier molecular flexibility index (Phi) is 6.05. The van der Waals surface area contributed by atoms with Crippen LogP contribution in [0.1, 0.15) is 0 Å². The Balaban J connectivity index is 1.21. The monoisotopic (exact) mass is 670 g/mol. The van der Waals surface area contributed by atoms with Crippen molar-refractivity contribution in [3.05, 3.63) is 158 Å². The third kappa shape index (κ3) is 4.30. The molecule has 51 heavy (non-hydrogen) atoms. The molecule has 4 heterocycles. The molecule has 0 bridgehead atoms. The zero-order chi connectivity index (χ0) is 33.5. The van der Waals surface area contributed by atoms with Crippen molar-refractivity contribution < 1.29 is 4.42 Å². The zero-order valence-electron chi connectivity index (χ0n) is 27.1. The second-order valence-electron chi connectivity index (χ2n) is 12.8. The van der Waals surface area contributed by atoms with Crippen molar-refractivity contribution in [3.63, 3.8) is 0 Å². The van der Waals surface area contributed by atoms with E-state index in [4.69, 9.17) is 19.4 Å². The Morgan fingerprint density at radius 3 is 2.00 bits per heavy atom. The molecule has 0 saturated heterocycles. The number of hydrogen-bond donors (Lipinski definition) is 0. The lowest BCUT2D eigenvalue weighted by atomic mass is 10.0. The maximum Gasteiger partial charge on any atom is 0.167 e. The highest BCUT2D eigenvalue weighted by molar-refractivity contribution is 7.25. The number of hydrogen-bond acceptors (Lipinski definition) is 5. The normalized spacial score (nSPS) is 11.9. The molecule has 0 amide bonds. The van der Waals surface area contributed by atoms with Crippen LogP contribution in [0, 0.1) is 0 Å². The number of aromatic nitrogens is 4. The van der Waals surface area contributed by atoms with Gasteiger partial charge in [-0.1, -0.05) is 109 Å². The van der Waals surface area contributed by atoms with Crippen LogP contribution in [-0.2, 0) is 0 Å². The number of fused-ring (bicyclic) bond motifs is 9. The van der Waals surface area contributed by atoms with E-state index >= 15 is 0 Å². The maximum atomic E-state index is 6.50. The van der Waals surface area contributed by atoms with E-state index in [0.717, 1.165) is 60.7 Å². The molecule has 0 atom stereocenters. The highest BCUT2D eigenvalue weighted by Crippen LogP contribution is 2.41. The van der Waals surface area contributed by atoms with E-state index < -0.39 is 0 Å². The molecule has 0 fully saturated rings. The van der Waals surface area contributed by atoms with Crippen molar-refractivity contribution in [3.8, 4) is 39.9 Å². The van der Waals surface area contributed by atoms with Gasteiger partial charge in [-0.15, -0.1) is 11.3 Å². The molecule has 0 spiro atoms. The molecule has 7 aromatic carbocycles. The lowest BCUT2D eigenvalue weighted by Crippen LogP contribution is -2.01. The van der Waals surface area contributed by atoms with E-state index in [1.165, 1.54) is 25.6 Å². The van der Waals surface area contributed by atoms with Crippen molar-refractivity contribution in [2.45, 2.75) is 0 Å². The molecule has 0 aliphatic carbocycles. The third-order valence-corrected chi connectivity index (χ3v) is 11.0. The molecule has 0 aliphatic heterocycles. The minimum absolute atomic E-state index is 0.569. The molecule has 4 aromatic heterocycles. The number of thiophene rings is 1. The van der Waals surface area contributed by atoms with Crippen LogP contribution >= 0.6 is 11.3 Å². The largest absolute Gasteiger partial charge is 0.455 e. The highest BCUT2D eigenvalue weighted by Gasteiger charge is 2.21. The zero-order valence-corrected chi connectivity index (χ0v) is 27.9. The quantitative estimate of drug-likeness (QED) is 0.187. The fraction of sp³-hybridized carbons (Fsp3) is 0. The van der Waals surface area contributed by atoms with Crippen LogP contribution in [0.3, 0.4) is 0 Å². The van der Waals surface area contributed by atoms with Gasteiger partial charge in [0.2, 0.25) is 0 Å². The summed E-state index contributed by atoms with van der Waals surface area (Å²) in [6.07, 6.45) is 0. The summed E-state index contributed by atoms with van der Waals surface area (Å²) in [6, 6.07) is 54.9. The summed E-state index contributed by atoms with van der Waals surface area (Å²) in [5.41, 5.74) is 7.66. The Morgan fingerprint density at radius 2 is 1.10 bits per heavy atom. The van der Waals surface area contributed by atoms with E-state index in [9.17, 15) is 0 Å². The number of benzene rings is 7. The predicted molar refractivity (Wildman–Crippen MR) is 211 cm³/mol. The summed E-state index contributed by atoms with van der Waals surface area (Å²) in [5.74, 6) is 1.80. The van der Waals surface area contributed by atoms with Crippen LogP contribution in [0.15, 0.2) is 162 Å². The number of para-hydroxylation sites is 4. The van der Waals surface area contributed by atoms with Gasteiger partial charge in [0, 0.05) is 58.5 Å². The molecular formula is C45H26N4OS. The van der Waals surface area contributed by atoms with Gasteiger partial charge in [-0.3, -0.25) is 0 Å². The smallest absolute Gasteiger partial charge is 0.167 e. The van der Waals surface area contributed by atoms with Crippen molar-refractivity contribution in [1.82, 2.24) is 19.5 Å². The lowest BCUT2D eigenvalue weighted by Gasteiger charge is -2.11. The fourth-order valence-electron chi connectivity index (χ4n) is 7.60. The first-order valence-corrected chi connectivity index (χ1v) is 17.8. The summed E-state index contributed by atoms with van der Waals surface area (Å²) in [5, 5.41) is 6.83. The SMILES string of the molecule is c1ccc(-n2c3ccccc3c3ccc(-c4nc(-c5cccc6c5oc5ccccc56)nc(-c5cccc6sc7ccccc7c56)n4)cc32)cc1. The molecule has 11 rings (SSSR count). The minimum Gasteiger partial charge on any atom is -0.455 e. The van der Waals surface area contributed by atoms with Gasteiger partial charge in [0.25, 0.3) is 0 Å². The summed E-state index contributed by atoms with van der Waals surface area (Å²) < 4.78 is 11.3. The summed E-state index contributed by atoms with van der Waals surface area (Å²) >= 11 is 1.79.